The highest BCUT2D eigenvalue weighted by Crippen LogP contribution is 2.09. The van der Waals surface area contributed by atoms with Gasteiger partial charge in [-0.1, -0.05) is 26.0 Å². The second-order valence-corrected chi connectivity index (χ2v) is 5.61. The van der Waals surface area contributed by atoms with E-state index in [9.17, 15) is 0 Å². The number of hydrogen-bond donors (Lipinski definition) is 1. The summed E-state index contributed by atoms with van der Waals surface area (Å²) in [5.74, 6) is 0.715. The molecule has 0 aliphatic rings. The molecule has 4 heteroatoms. The fraction of sp³-hybridized carbons (Fsp3) is 0.471. The Bertz CT molecular complexity index is 491. The lowest BCUT2D eigenvalue weighted by Gasteiger charge is -2.08. The molecule has 0 saturated carbocycles. The smallest absolute Gasteiger partial charge is 0.0991 e. The van der Waals surface area contributed by atoms with Crippen LogP contribution in [-0.4, -0.2) is 29.3 Å². The molecule has 114 valence electrons. The molecule has 0 atom stereocenters. The Morgan fingerprint density at radius 2 is 2.00 bits per heavy atom. The molecule has 21 heavy (non-hydrogen) atoms. The Kier molecular flexibility index (Phi) is 6.44. The number of benzene rings is 1. The minimum Gasteiger partial charge on any atom is -0.380 e. The first-order valence-corrected chi connectivity index (χ1v) is 7.61. The third-order valence-corrected chi connectivity index (χ3v) is 3.33. The van der Waals surface area contributed by atoms with Crippen molar-refractivity contribution in [1.29, 1.82) is 0 Å². The minimum absolute atomic E-state index is 0.715. The lowest BCUT2D eigenvalue weighted by Crippen LogP contribution is -2.19. The van der Waals surface area contributed by atoms with E-state index >= 15 is 0 Å². The Hall–Kier alpha value is -1.65. The highest BCUT2D eigenvalue weighted by molar-refractivity contribution is 5.34. The van der Waals surface area contributed by atoms with Crippen molar-refractivity contribution in [3.05, 3.63) is 48.5 Å². The molecule has 2 aromatic rings. The molecule has 2 rings (SSSR count). The van der Waals surface area contributed by atoms with Crippen molar-refractivity contribution in [2.75, 3.05) is 19.8 Å². The van der Waals surface area contributed by atoms with Gasteiger partial charge in [0.05, 0.1) is 12.9 Å². The van der Waals surface area contributed by atoms with Crippen molar-refractivity contribution in [2.24, 2.45) is 5.92 Å². The molecule has 0 fully saturated rings. The van der Waals surface area contributed by atoms with E-state index in [4.69, 9.17) is 4.74 Å². The van der Waals surface area contributed by atoms with E-state index in [1.165, 1.54) is 5.56 Å². The maximum Gasteiger partial charge on any atom is 0.0991 e. The average Bonchev–Trinajstić information content (AvgIpc) is 3.01. The van der Waals surface area contributed by atoms with Crippen LogP contribution in [0.5, 0.6) is 0 Å². The van der Waals surface area contributed by atoms with Crippen molar-refractivity contribution in [3.8, 4) is 5.69 Å². The molecule has 0 amide bonds. The summed E-state index contributed by atoms with van der Waals surface area (Å²) in [4.78, 5) is 4.05. The lowest BCUT2D eigenvalue weighted by atomic mass is 10.1. The molecule has 1 N–H and O–H groups in total. The largest absolute Gasteiger partial charge is 0.380 e. The standard InChI is InChI=1S/C17H25N3O/c1-15(2)7-11-21-12-9-18-13-16-3-5-17(6-4-16)20-10-8-19-14-20/h3-6,8,10,14-15,18H,7,9,11-13H2,1-2H3. The summed E-state index contributed by atoms with van der Waals surface area (Å²) < 4.78 is 7.58. The molecule has 1 aromatic carbocycles. The number of rotatable bonds is 9. The van der Waals surface area contributed by atoms with Crippen molar-refractivity contribution in [2.45, 2.75) is 26.8 Å². The topological polar surface area (TPSA) is 39.1 Å². The highest BCUT2D eigenvalue weighted by atomic mass is 16.5. The van der Waals surface area contributed by atoms with Gasteiger partial charge in [0.15, 0.2) is 0 Å². The SMILES string of the molecule is CC(C)CCOCCNCc1ccc(-n2ccnc2)cc1. The monoisotopic (exact) mass is 287 g/mol. The summed E-state index contributed by atoms with van der Waals surface area (Å²) in [6.45, 7) is 7.84. The van der Waals surface area contributed by atoms with Gasteiger partial charge in [0, 0.05) is 37.8 Å². The maximum absolute atomic E-state index is 5.58. The Labute approximate surface area is 127 Å². The Morgan fingerprint density at radius 3 is 2.67 bits per heavy atom. The van der Waals surface area contributed by atoms with Gasteiger partial charge in [0.2, 0.25) is 0 Å². The van der Waals surface area contributed by atoms with Gasteiger partial charge in [-0.3, -0.25) is 0 Å². The van der Waals surface area contributed by atoms with Crippen LogP contribution in [0.25, 0.3) is 5.69 Å². The first-order chi connectivity index (χ1) is 10.3. The molecule has 0 aliphatic carbocycles. The molecule has 0 spiro atoms. The minimum atomic E-state index is 0.715. The van der Waals surface area contributed by atoms with E-state index in [1.54, 1.807) is 6.20 Å². The molecular formula is C17H25N3O. The van der Waals surface area contributed by atoms with Crippen LogP contribution in [0.15, 0.2) is 43.0 Å². The fourth-order valence-corrected chi connectivity index (χ4v) is 2.00. The number of aromatic nitrogens is 2. The first kappa shape index (κ1) is 15.7. The van der Waals surface area contributed by atoms with Gasteiger partial charge < -0.3 is 14.6 Å². The van der Waals surface area contributed by atoms with Crippen LogP contribution in [0.2, 0.25) is 0 Å². The van der Waals surface area contributed by atoms with Gasteiger partial charge in [0.25, 0.3) is 0 Å². The van der Waals surface area contributed by atoms with Crippen LogP contribution >= 0.6 is 0 Å². The van der Waals surface area contributed by atoms with E-state index in [0.717, 1.165) is 38.4 Å². The molecule has 0 aliphatic heterocycles. The number of ether oxygens (including phenoxy) is 1. The molecule has 0 bridgehead atoms. The summed E-state index contributed by atoms with van der Waals surface area (Å²) in [7, 11) is 0. The number of hydrogen-bond acceptors (Lipinski definition) is 3. The Morgan fingerprint density at radius 1 is 1.19 bits per heavy atom. The van der Waals surface area contributed by atoms with Crippen LogP contribution < -0.4 is 5.32 Å². The van der Waals surface area contributed by atoms with Gasteiger partial charge in [-0.15, -0.1) is 0 Å². The van der Waals surface area contributed by atoms with Gasteiger partial charge >= 0.3 is 0 Å². The van der Waals surface area contributed by atoms with Crippen LogP contribution in [-0.2, 0) is 11.3 Å². The van der Waals surface area contributed by atoms with Gasteiger partial charge in [0.1, 0.15) is 0 Å². The van der Waals surface area contributed by atoms with Crippen molar-refractivity contribution in [1.82, 2.24) is 14.9 Å². The van der Waals surface area contributed by atoms with E-state index in [1.807, 2.05) is 17.1 Å². The third-order valence-electron chi connectivity index (χ3n) is 3.33. The lowest BCUT2D eigenvalue weighted by molar-refractivity contribution is 0.125. The van der Waals surface area contributed by atoms with Crippen LogP contribution in [0.3, 0.4) is 0 Å². The van der Waals surface area contributed by atoms with E-state index in [0.29, 0.717) is 5.92 Å². The van der Waals surface area contributed by atoms with E-state index in [-0.39, 0.29) is 0 Å². The van der Waals surface area contributed by atoms with Gasteiger partial charge in [-0.25, -0.2) is 4.98 Å². The zero-order valence-corrected chi connectivity index (χ0v) is 13.0. The zero-order chi connectivity index (χ0) is 14.9. The summed E-state index contributed by atoms with van der Waals surface area (Å²) in [6.07, 6.45) is 6.67. The van der Waals surface area contributed by atoms with Gasteiger partial charge in [-0.2, -0.15) is 0 Å². The van der Waals surface area contributed by atoms with Crippen molar-refractivity contribution < 1.29 is 4.74 Å². The molecule has 1 aromatic heterocycles. The quantitative estimate of drug-likeness (QED) is 0.721. The number of imidazole rings is 1. The fourth-order valence-electron chi connectivity index (χ4n) is 2.00. The summed E-state index contributed by atoms with van der Waals surface area (Å²) in [5, 5.41) is 3.40. The van der Waals surface area contributed by atoms with Crippen molar-refractivity contribution >= 4 is 0 Å². The molecule has 1 heterocycles. The van der Waals surface area contributed by atoms with E-state index in [2.05, 4.69) is 48.4 Å². The van der Waals surface area contributed by atoms with Crippen LogP contribution in [0.1, 0.15) is 25.8 Å². The first-order valence-electron chi connectivity index (χ1n) is 7.61. The summed E-state index contributed by atoms with van der Waals surface area (Å²) in [6, 6.07) is 8.50. The maximum atomic E-state index is 5.58. The predicted molar refractivity (Wildman–Crippen MR) is 85.5 cm³/mol. The summed E-state index contributed by atoms with van der Waals surface area (Å²) >= 11 is 0. The molecule has 0 saturated heterocycles. The Balaban J connectivity index is 1.63. The number of nitrogens with one attached hydrogen (secondary N) is 1. The van der Waals surface area contributed by atoms with Crippen molar-refractivity contribution in [3.63, 3.8) is 0 Å². The summed E-state index contributed by atoms with van der Waals surface area (Å²) in [5.41, 5.74) is 2.41. The highest BCUT2D eigenvalue weighted by Gasteiger charge is 1.97. The predicted octanol–water partition coefficient (Wildman–Crippen LogP) is 3.02. The van der Waals surface area contributed by atoms with Gasteiger partial charge in [-0.05, 0) is 30.0 Å². The molecule has 0 radical (unpaired) electrons. The normalized spacial score (nSPS) is 11.2. The molecular weight excluding hydrogens is 262 g/mol. The second kappa shape index (κ2) is 8.60. The number of nitrogens with zero attached hydrogens (tertiary/aromatic N) is 2. The van der Waals surface area contributed by atoms with E-state index < -0.39 is 0 Å². The zero-order valence-electron chi connectivity index (χ0n) is 13.0. The molecule has 0 unspecified atom stereocenters. The molecule has 4 nitrogen and oxygen atoms in total. The third kappa shape index (κ3) is 5.69. The second-order valence-electron chi connectivity index (χ2n) is 5.61. The van der Waals surface area contributed by atoms with Crippen LogP contribution in [0, 0.1) is 5.92 Å². The average molecular weight is 287 g/mol. The van der Waals surface area contributed by atoms with Crippen LogP contribution in [0.4, 0.5) is 0 Å².